The number of carboxylic acids is 1. The number of carboxylic acid groups (broad SMARTS) is 1. The Kier molecular flexibility index (Phi) is 4.04. The van der Waals surface area contributed by atoms with Gasteiger partial charge in [0.25, 0.3) is 5.91 Å². The van der Waals surface area contributed by atoms with Crippen molar-refractivity contribution in [2.75, 3.05) is 0 Å². The van der Waals surface area contributed by atoms with Gasteiger partial charge >= 0.3 is 5.97 Å². The minimum absolute atomic E-state index is 0.0814. The fourth-order valence-electron chi connectivity index (χ4n) is 1.58. The van der Waals surface area contributed by atoms with Crippen LogP contribution < -0.4 is 5.32 Å². The van der Waals surface area contributed by atoms with Gasteiger partial charge in [0.05, 0.1) is 6.20 Å². The van der Waals surface area contributed by atoms with E-state index in [1.165, 1.54) is 6.20 Å². The predicted octanol–water partition coefficient (Wildman–Crippen LogP) is -0.00388. The van der Waals surface area contributed by atoms with Crippen molar-refractivity contribution in [1.82, 2.24) is 25.3 Å². The van der Waals surface area contributed by atoms with Gasteiger partial charge in [0, 0.05) is 18.9 Å². The van der Waals surface area contributed by atoms with Gasteiger partial charge in [-0.1, -0.05) is 5.21 Å². The first kappa shape index (κ1) is 13.7. The lowest BCUT2D eigenvalue weighted by Gasteiger charge is -2.05. The number of carbonyl (C=O) groups excluding carboxylic acids is 1. The molecule has 20 heavy (non-hydrogen) atoms. The molecule has 0 spiro atoms. The molecule has 8 nitrogen and oxygen atoms in total. The van der Waals surface area contributed by atoms with E-state index < -0.39 is 11.9 Å². The Morgan fingerprint density at radius 3 is 2.95 bits per heavy atom. The number of amides is 1. The molecule has 0 unspecified atom stereocenters. The van der Waals surface area contributed by atoms with E-state index in [-0.39, 0.29) is 12.2 Å². The molecule has 0 atom stereocenters. The number of rotatable bonds is 5. The lowest BCUT2D eigenvalue weighted by Crippen LogP contribution is -2.23. The molecule has 0 bridgehead atoms. The maximum absolute atomic E-state index is 11.8. The third kappa shape index (κ3) is 3.37. The van der Waals surface area contributed by atoms with Crippen LogP contribution in [-0.4, -0.2) is 37.0 Å². The maximum Gasteiger partial charge on any atom is 0.325 e. The Bertz CT molecular complexity index is 638. The Balaban J connectivity index is 1.97. The number of hydrogen-bond acceptors (Lipinski definition) is 5. The van der Waals surface area contributed by atoms with E-state index in [0.29, 0.717) is 6.54 Å². The lowest BCUT2D eigenvalue weighted by molar-refractivity contribution is -0.137. The fraction of sp³-hybridized carbons (Fsp3) is 0.250. The third-order valence-corrected chi connectivity index (χ3v) is 2.64. The largest absolute Gasteiger partial charge is 0.480 e. The second kappa shape index (κ2) is 5.91. The molecule has 0 saturated carbocycles. The summed E-state index contributed by atoms with van der Waals surface area (Å²) in [6.07, 6.45) is 4.66. The molecule has 0 aliphatic rings. The van der Waals surface area contributed by atoms with Crippen molar-refractivity contribution in [2.45, 2.75) is 20.0 Å². The van der Waals surface area contributed by atoms with Crippen molar-refractivity contribution >= 4 is 11.9 Å². The fourth-order valence-corrected chi connectivity index (χ4v) is 1.58. The number of carbonyl (C=O) groups is 2. The van der Waals surface area contributed by atoms with Crippen molar-refractivity contribution in [1.29, 1.82) is 0 Å². The maximum atomic E-state index is 11.8. The van der Waals surface area contributed by atoms with E-state index in [1.54, 1.807) is 12.4 Å². The van der Waals surface area contributed by atoms with Crippen LogP contribution in [0.15, 0.2) is 24.7 Å². The summed E-state index contributed by atoms with van der Waals surface area (Å²) < 4.78 is 1.09. The van der Waals surface area contributed by atoms with Crippen molar-refractivity contribution in [3.05, 3.63) is 41.5 Å². The highest BCUT2D eigenvalue weighted by molar-refractivity contribution is 5.91. The summed E-state index contributed by atoms with van der Waals surface area (Å²) in [5, 5.41) is 18.5. The summed E-state index contributed by atoms with van der Waals surface area (Å²) in [6, 6.07) is 1.82. The standard InChI is InChI=1S/C12H13N5O3/c1-8-4-13-3-2-9(8)5-14-12(20)10-6-17(16-15-10)7-11(18)19/h2-4,6H,5,7H2,1H3,(H,14,20)(H,18,19). The Morgan fingerprint density at radius 2 is 2.25 bits per heavy atom. The molecule has 2 rings (SSSR count). The van der Waals surface area contributed by atoms with E-state index in [9.17, 15) is 9.59 Å². The Labute approximate surface area is 114 Å². The molecule has 2 aromatic heterocycles. The third-order valence-electron chi connectivity index (χ3n) is 2.64. The monoisotopic (exact) mass is 275 g/mol. The number of nitrogens with zero attached hydrogens (tertiary/aromatic N) is 4. The topological polar surface area (TPSA) is 110 Å². The normalized spacial score (nSPS) is 10.2. The van der Waals surface area contributed by atoms with Gasteiger partial charge in [-0.2, -0.15) is 0 Å². The molecule has 2 N–H and O–H groups in total. The smallest absolute Gasteiger partial charge is 0.325 e. The van der Waals surface area contributed by atoms with Gasteiger partial charge in [-0.3, -0.25) is 14.6 Å². The minimum Gasteiger partial charge on any atom is -0.480 e. The van der Waals surface area contributed by atoms with Crippen LogP contribution in [-0.2, 0) is 17.9 Å². The van der Waals surface area contributed by atoms with Gasteiger partial charge in [0.2, 0.25) is 0 Å². The van der Waals surface area contributed by atoms with Crippen LogP contribution >= 0.6 is 0 Å². The molecule has 0 fully saturated rings. The van der Waals surface area contributed by atoms with Crippen molar-refractivity contribution in [2.24, 2.45) is 0 Å². The van der Waals surface area contributed by atoms with E-state index in [2.05, 4.69) is 20.6 Å². The van der Waals surface area contributed by atoms with Crippen LogP contribution in [0, 0.1) is 6.92 Å². The van der Waals surface area contributed by atoms with Gasteiger partial charge in [0.15, 0.2) is 5.69 Å². The summed E-state index contributed by atoms with van der Waals surface area (Å²) in [5.41, 5.74) is 2.01. The number of aryl methyl sites for hydroxylation is 1. The number of aliphatic carboxylic acids is 1. The average molecular weight is 275 g/mol. The van der Waals surface area contributed by atoms with Crippen molar-refractivity contribution in [3.8, 4) is 0 Å². The summed E-state index contributed by atoms with van der Waals surface area (Å²) in [5.74, 6) is -1.45. The van der Waals surface area contributed by atoms with Crippen LogP contribution in [0.5, 0.6) is 0 Å². The zero-order chi connectivity index (χ0) is 14.5. The molecular weight excluding hydrogens is 262 g/mol. The van der Waals surface area contributed by atoms with E-state index in [1.807, 2.05) is 13.0 Å². The number of pyridine rings is 1. The van der Waals surface area contributed by atoms with Gasteiger partial charge < -0.3 is 10.4 Å². The first-order valence-electron chi connectivity index (χ1n) is 5.86. The van der Waals surface area contributed by atoms with Crippen molar-refractivity contribution < 1.29 is 14.7 Å². The van der Waals surface area contributed by atoms with Crippen LogP contribution in [0.25, 0.3) is 0 Å². The highest BCUT2D eigenvalue weighted by Gasteiger charge is 2.12. The summed E-state index contributed by atoms with van der Waals surface area (Å²) in [4.78, 5) is 26.3. The molecule has 0 aliphatic heterocycles. The van der Waals surface area contributed by atoms with Gasteiger partial charge in [-0.25, -0.2) is 4.68 Å². The molecule has 1 amide bonds. The summed E-state index contributed by atoms with van der Waals surface area (Å²) in [6.45, 7) is 1.92. The lowest BCUT2D eigenvalue weighted by atomic mass is 10.1. The summed E-state index contributed by atoms with van der Waals surface area (Å²) >= 11 is 0. The van der Waals surface area contributed by atoms with Crippen LogP contribution in [0.2, 0.25) is 0 Å². The number of hydrogen-bond donors (Lipinski definition) is 2. The zero-order valence-corrected chi connectivity index (χ0v) is 10.8. The molecule has 2 heterocycles. The molecule has 104 valence electrons. The Hall–Kier alpha value is -2.77. The SMILES string of the molecule is Cc1cnccc1CNC(=O)c1cn(CC(=O)O)nn1. The number of nitrogens with one attached hydrogen (secondary N) is 1. The van der Waals surface area contributed by atoms with E-state index >= 15 is 0 Å². The quantitative estimate of drug-likeness (QED) is 0.794. The van der Waals surface area contributed by atoms with Crippen LogP contribution in [0.4, 0.5) is 0 Å². The zero-order valence-electron chi connectivity index (χ0n) is 10.8. The summed E-state index contributed by atoms with van der Waals surface area (Å²) in [7, 11) is 0. The minimum atomic E-state index is -1.05. The second-order valence-corrected chi connectivity index (χ2v) is 4.18. The predicted molar refractivity (Wildman–Crippen MR) is 67.8 cm³/mol. The van der Waals surface area contributed by atoms with E-state index in [0.717, 1.165) is 15.8 Å². The highest BCUT2D eigenvalue weighted by atomic mass is 16.4. The van der Waals surface area contributed by atoms with Gasteiger partial charge in [-0.05, 0) is 24.1 Å². The Morgan fingerprint density at radius 1 is 1.45 bits per heavy atom. The first-order valence-corrected chi connectivity index (χ1v) is 5.86. The van der Waals surface area contributed by atoms with Crippen molar-refractivity contribution in [3.63, 3.8) is 0 Å². The van der Waals surface area contributed by atoms with Crippen LogP contribution in [0.3, 0.4) is 0 Å². The van der Waals surface area contributed by atoms with Gasteiger partial charge in [-0.15, -0.1) is 5.10 Å². The molecular formula is C12H13N5O3. The second-order valence-electron chi connectivity index (χ2n) is 4.18. The van der Waals surface area contributed by atoms with Gasteiger partial charge in [0.1, 0.15) is 6.54 Å². The molecule has 0 saturated heterocycles. The molecule has 8 heteroatoms. The number of aromatic nitrogens is 4. The first-order chi connectivity index (χ1) is 9.56. The highest BCUT2D eigenvalue weighted by Crippen LogP contribution is 2.04. The van der Waals surface area contributed by atoms with E-state index in [4.69, 9.17) is 5.11 Å². The molecule has 2 aromatic rings. The molecule has 0 aliphatic carbocycles. The average Bonchev–Trinajstić information content (AvgIpc) is 2.85. The molecule has 0 aromatic carbocycles. The van der Waals surface area contributed by atoms with Crippen LogP contribution in [0.1, 0.15) is 21.6 Å². The molecule has 0 radical (unpaired) electrons.